The number of halogens is 3. The number of hydrogen-bond acceptors (Lipinski definition) is 2. The molecule has 0 amide bonds. The molecule has 1 aliphatic rings. The second kappa shape index (κ2) is 2.67. The first-order valence-electron chi connectivity index (χ1n) is 3.92. The molecule has 1 aromatic rings. The van der Waals surface area contributed by atoms with Crippen molar-refractivity contribution in [2.75, 3.05) is 5.73 Å². The van der Waals surface area contributed by atoms with Crippen LogP contribution in [0.25, 0.3) is 0 Å². The summed E-state index contributed by atoms with van der Waals surface area (Å²) >= 11 is 3.02. The molecular formula is C7H8BrF2N3. The highest BCUT2D eigenvalue weighted by Gasteiger charge is 2.41. The maximum atomic E-state index is 13.3. The lowest BCUT2D eigenvalue weighted by molar-refractivity contribution is -0.0372. The lowest BCUT2D eigenvalue weighted by Crippen LogP contribution is -2.25. The van der Waals surface area contributed by atoms with Crippen LogP contribution in [0.3, 0.4) is 0 Å². The molecule has 0 spiro atoms. The van der Waals surface area contributed by atoms with Crippen molar-refractivity contribution in [3.63, 3.8) is 0 Å². The van der Waals surface area contributed by atoms with Crippen LogP contribution in [0.2, 0.25) is 0 Å². The number of hydrogen-bond donors (Lipinski definition) is 1. The Bertz CT molecular complexity index is 348. The van der Waals surface area contributed by atoms with Gasteiger partial charge >= 0.3 is 0 Å². The average molecular weight is 252 g/mol. The van der Waals surface area contributed by atoms with E-state index in [1.807, 2.05) is 0 Å². The van der Waals surface area contributed by atoms with Gasteiger partial charge in [-0.1, -0.05) is 0 Å². The van der Waals surface area contributed by atoms with E-state index in [1.165, 1.54) is 4.68 Å². The zero-order valence-electron chi connectivity index (χ0n) is 6.73. The molecule has 0 aromatic carbocycles. The average Bonchev–Trinajstić information content (AvgIpc) is 2.28. The lowest BCUT2D eigenvalue weighted by Gasteiger charge is -2.23. The third-order valence-electron chi connectivity index (χ3n) is 2.13. The molecule has 2 heterocycles. The fourth-order valence-corrected chi connectivity index (χ4v) is 2.11. The van der Waals surface area contributed by atoms with Crippen molar-refractivity contribution in [1.29, 1.82) is 0 Å². The van der Waals surface area contributed by atoms with Crippen molar-refractivity contribution in [2.24, 2.45) is 0 Å². The van der Waals surface area contributed by atoms with Gasteiger partial charge in [0.15, 0.2) is 5.82 Å². The first kappa shape index (κ1) is 8.93. The summed E-state index contributed by atoms with van der Waals surface area (Å²) in [5.41, 5.74) is 5.34. The van der Waals surface area contributed by atoms with Crippen LogP contribution in [0.15, 0.2) is 4.47 Å². The van der Waals surface area contributed by atoms with E-state index >= 15 is 0 Å². The molecule has 0 radical (unpaired) electrons. The number of anilines is 1. The SMILES string of the molecule is Nc1nn2c(c1Br)C(F)(F)CCC2. The maximum Gasteiger partial charge on any atom is 0.290 e. The van der Waals surface area contributed by atoms with E-state index in [1.54, 1.807) is 0 Å². The van der Waals surface area contributed by atoms with E-state index in [-0.39, 0.29) is 22.4 Å². The Labute approximate surface area is 82.0 Å². The summed E-state index contributed by atoms with van der Waals surface area (Å²) in [5, 5.41) is 3.81. The molecule has 13 heavy (non-hydrogen) atoms. The molecule has 0 saturated carbocycles. The number of aromatic nitrogens is 2. The van der Waals surface area contributed by atoms with Gasteiger partial charge in [-0.25, -0.2) is 0 Å². The Balaban J connectivity index is 2.61. The van der Waals surface area contributed by atoms with Crippen LogP contribution in [0.1, 0.15) is 18.5 Å². The second-order valence-electron chi connectivity index (χ2n) is 3.08. The third-order valence-corrected chi connectivity index (χ3v) is 2.91. The van der Waals surface area contributed by atoms with E-state index in [4.69, 9.17) is 5.73 Å². The van der Waals surface area contributed by atoms with Gasteiger partial charge < -0.3 is 5.73 Å². The Morgan fingerprint density at radius 3 is 2.85 bits per heavy atom. The quantitative estimate of drug-likeness (QED) is 0.768. The smallest absolute Gasteiger partial charge is 0.290 e. The standard InChI is InChI=1S/C7H8BrF2N3/c8-4-5-7(9,10)2-1-3-13(5)12-6(4)11/h1-3H2,(H2,11,12). The number of rotatable bonds is 0. The first-order valence-corrected chi connectivity index (χ1v) is 4.72. The van der Waals surface area contributed by atoms with E-state index < -0.39 is 5.92 Å². The van der Waals surface area contributed by atoms with Crippen molar-refractivity contribution in [3.05, 3.63) is 10.2 Å². The van der Waals surface area contributed by atoms with Gasteiger partial charge in [-0.3, -0.25) is 4.68 Å². The Kier molecular flexibility index (Phi) is 1.83. The molecule has 0 atom stereocenters. The van der Waals surface area contributed by atoms with Crippen molar-refractivity contribution >= 4 is 21.7 Å². The van der Waals surface area contributed by atoms with Gasteiger partial charge in [0.1, 0.15) is 5.69 Å². The Morgan fingerprint density at radius 2 is 2.23 bits per heavy atom. The minimum absolute atomic E-state index is 0.0868. The Hall–Kier alpha value is -0.650. The van der Waals surface area contributed by atoms with Gasteiger partial charge in [-0.15, -0.1) is 0 Å². The van der Waals surface area contributed by atoms with E-state index in [0.29, 0.717) is 13.0 Å². The number of alkyl halides is 2. The largest absolute Gasteiger partial charge is 0.381 e. The molecule has 2 rings (SSSR count). The van der Waals surface area contributed by atoms with Crippen LogP contribution in [0.4, 0.5) is 14.6 Å². The molecular weight excluding hydrogens is 244 g/mol. The summed E-state index contributed by atoms with van der Waals surface area (Å²) in [7, 11) is 0. The highest BCUT2D eigenvalue weighted by atomic mass is 79.9. The number of nitrogen functional groups attached to an aromatic ring is 1. The maximum absolute atomic E-state index is 13.3. The zero-order valence-corrected chi connectivity index (χ0v) is 8.31. The van der Waals surface area contributed by atoms with Crippen LogP contribution < -0.4 is 5.73 Å². The minimum Gasteiger partial charge on any atom is -0.381 e. The predicted octanol–water partition coefficient (Wildman–Crippen LogP) is 2.11. The summed E-state index contributed by atoms with van der Waals surface area (Å²) < 4.78 is 28.2. The number of nitrogens with two attached hydrogens (primary N) is 1. The number of aryl methyl sites for hydroxylation is 1. The number of nitrogens with zero attached hydrogens (tertiary/aromatic N) is 2. The molecule has 0 bridgehead atoms. The van der Waals surface area contributed by atoms with Gasteiger partial charge in [0.05, 0.1) is 4.47 Å². The molecule has 0 saturated heterocycles. The molecule has 0 fully saturated rings. The topological polar surface area (TPSA) is 43.8 Å². The van der Waals surface area contributed by atoms with Crippen molar-refractivity contribution in [1.82, 2.24) is 9.78 Å². The van der Waals surface area contributed by atoms with E-state index in [2.05, 4.69) is 21.0 Å². The van der Waals surface area contributed by atoms with E-state index in [9.17, 15) is 8.78 Å². The van der Waals surface area contributed by atoms with Gasteiger partial charge in [0, 0.05) is 13.0 Å². The monoisotopic (exact) mass is 251 g/mol. The molecule has 72 valence electrons. The second-order valence-corrected chi connectivity index (χ2v) is 3.87. The Morgan fingerprint density at radius 1 is 1.54 bits per heavy atom. The van der Waals surface area contributed by atoms with E-state index in [0.717, 1.165) is 0 Å². The van der Waals surface area contributed by atoms with Crippen LogP contribution in [0, 0.1) is 0 Å². The lowest BCUT2D eigenvalue weighted by atomic mass is 10.1. The molecule has 3 nitrogen and oxygen atoms in total. The van der Waals surface area contributed by atoms with Gasteiger partial charge in [0.2, 0.25) is 0 Å². The molecule has 6 heteroatoms. The van der Waals surface area contributed by atoms with Crippen molar-refractivity contribution < 1.29 is 8.78 Å². The fraction of sp³-hybridized carbons (Fsp3) is 0.571. The fourth-order valence-electron chi connectivity index (χ4n) is 1.54. The molecule has 1 aromatic heterocycles. The summed E-state index contributed by atoms with van der Waals surface area (Å²) in [5.74, 6) is -2.67. The molecule has 1 aliphatic heterocycles. The summed E-state index contributed by atoms with van der Waals surface area (Å²) in [6.07, 6.45) is 0.310. The predicted molar refractivity (Wildman–Crippen MR) is 47.5 cm³/mol. The van der Waals surface area contributed by atoms with Crippen LogP contribution >= 0.6 is 15.9 Å². The summed E-state index contributed by atoms with van der Waals surface area (Å²) in [6.45, 7) is 0.515. The number of fused-ring (bicyclic) bond motifs is 1. The highest BCUT2D eigenvalue weighted by molar-refractivity contribution is 9.10. The summed E-state index contributed by atoms with van der Waals surface area (Å²) in [4.78, 5) is 0. The molecule has 2 N–H and O–H groups in total. The third kappa shape index (κ3) is 1.23. The molecule has 0 unspecified atom stereocenters. The van der Waals surface area contributed by atoms with Gasteiger partial charge in [-0.2, -0.15) is 13.9 Å². The van der Waals surface area contributed by atoms with Crippen molar-refractivity contribution in [2.45, 2.75) is 25.3 Å². The molecule has 0 aliphatic carbocycles. The van der Waals surface area contributed by atoms with Gasteiger partial charge in [0.25, 0.3) is 5.92 Å². The van der Waals surface area contributed by atoms with Crippen LogP contribution in [-0.4, -0.2) is 9.78 Å². The summed E-state index contributed by atoms with van der Waals surface area (Å²) in [6, 6.07) is 0. The van der Waals surface area contributed by atoms with Crippen LogP contribution in [0.5, 0.6) is 0 Å². The first-order chi connectivity index (χ1) is 6.02. The zero-order chi connectivity index (χ0) is 9.64. The minimum atomic E-state index is -2.80. The van der Waals surface area contributed by atoms with Crippen molar-refractivity contribution in [3.8, 4) is 0 Å². The highest BCUT2D eigenvalue weighted by Crippen LogP contribution is 2.42. The normalized spacial score (nSPS) is 19.9. The van der Waals surface area contributed by atoms with Gasteiger partial charge in [-0.05, 0) is 22.4 Å². The van der Waals surface area contributed by atoms with Crippen LogP contribution in [-0.2, 0) is 12.5 Å².